The Labute approximate surface area is 145 Å². The number of rotatable bonds is 3. The Morgan fingerprint density at radius 2 is 2.12 bits per heavy atom. The minimum Gasteiger partial charge on any atom is -0.482 e. The molecule has 3 rings (SSSR count). The number of ether oxygens (including phenoxy) is 2. The predicted molar refractivity (Wildman–Crippen MR) is 89.6 cm³/mol. The molecule has 8 heteroatoms. The van der Waals surface area contributed by atoms with E-state index in [1.54, 1.807) is 30.0 Å². The van der Waals surface area contributed by atoms with Gasteiger partial charge in [-0.1, -0.05) is 0 Å². The number of benzene rings is 1. The minimum absolute atomic E-state index is 0.0000463. The van der Waals surface area contributed by atoms with Gasteiger partial charge in [0.15, 0.2) is 6.61 Å². The fourth-order valence-corrected chi connectivity index (χ4v) is 2.91. The lowest BCUT2D eigenvalue weighted by Crippen LogP contribution is -2.46. The van der Waals surface area contributed by atoms with Crippen LogP contribution in [0.1, 0.15) is 30.1 Å². The van der Waals surface area contributed by atoms with Gasteiger partial charge < -0.3 is 25.0 Å². The molecule has 2 aliphatic rings. The Kier molecular flexibility index (Phi) is 5.06. The molecule has 0 saturated carbocycles. The number of nitrogens with one attached hydrogen (secondary N) is 2. The molecule has 1 aromatic carbocycles. The number of hydrogen-bond donors (Lipinski definition) is 2. The second kappa shape index (κ2) is 7.42. The van der Waals surface area contributed by atoms with Crippen LogP contribution < -0.4 is 15.4 Å². The van der Waals surface area contributed by atoms with Gasteiger partial charge in [0.2, 0.25) is 0 Å². The fourth-order valence-electron chi connectivity index (χ4n) is 2.91. The van der Waals surface area contributed by atoms with Crippen LogP contribution in [0.25, 0.3) is 0 Å². The zero-order valence-electron chi connectivity index (χ0n) is 14.0. The van der Waals surface area contributed by atoms with Gasteiger partial charge in [-0.3, -0.25) is 9.59 Å². The maximum absolute atomic E-state index is 12.4. The van der Waals surface area contributed by atoms with Crippen molar-refractivity contribution >= 4 is 23.6 Å². The van der Waals surface area contributed by atoms with Gasteiger partial charge in [0.25, 0.3) is 11.8 Å². The van der Waals surface area contributed by atoms with E-state index in [-0.39, 0.29) is 30.6 Å². The molecule has 0 unspecified atom stereocenters. The average molecular weight is 347 g/mol. The summed E-state index contributed by atoms with van der Waals surface area (Å²) in [7, 11) is 0. The van der Waals surface area contributed by atoms with Crippen LogP contribution in [0.2, 0.25) is 0 Å². The Morgan fingerprint density at radius 1 is 1.36 bits per heavy atom. The molecular formula is C17H21N3O5. The van der Waals surface area contributed by atoms with Crippen molar-refractivity contribution in [3.05, 3.63) is 23.8 Å². The molecule has 0 radical (unpaired) electrons. The van der Waals surface area contributed by atoms with Crippen molar-refractivity contribution in [3.63, 3.8) is 0 Å². The molecule has 2 aliphatic heterocycles. The number of piperidine rings is 1. The Bertz CT molecular complexity index is 683. The first-order valence-electron chi connectivity index (χ1n) is 8.36. The van der Waals surface area contributed by atoms with Crippen LogP contribution in [0, 0.1) is 0 Å². The first-order chi connectivity index (χ1) is 12.1. The van der Waals surface area contributed by atoms with Crippen LogP contribution >= 0.6 is 0 Å². The second-order valence-corrected chi connectivity index (χ2v) is 5.98. The number of carbonyl (C=O) groups excluding carboxylic acids is 3. The van der Waals surface area contributed by atoms with Crippen molar-refractivity contribution in [3.8, 4) is 5.75 Å². The smallest absolute Gasteiger partial charge is 0.409 e. The number of nitrogens with zero attached hydrogens (tertiary/aromatic N) is 1. The summed E-state index contributed by atoms with van der Waals surface area (Å²) in [6, 6.07) is 4.95. The summed E-state index contributed by atoms with van der Waals surface area (Å²) in [6.07, 6.45) is 1.04. The second-order valence-electron chi connectivity index (χ2n) is 5.98. The lowest BCUT2D eigenvalue weighted by molar-refractivity contribution is -0.118. The minimum atomic E-state index is -0.308. The highest BCUT2D eigenvalue weighted by atomic mass is 16.6. The quantitative estimate of drug-likeness (QED) is 0.861. The molecule has 25 heavy (non-hydrogen) atoms. The standard InChI is InChI=1S/C17H21N3O5/c1-2-24-17(23)20-7-5-12(6-8-20)18-16(22)11-3-4-14-13(9-11)19-15(21)10-25-14/h3-4,9,12H,2,5-8,10H2,1H3,(H,18,22)(H,19,21). The van der Waals surface area contributed by atoms with Gasteiger partial charge in [-0.2, -0.15) is 0 Å². The number of anilines is 1. The molecule has 1 aromatic rings. The highest BCUT2D eigenvalue weighted by Crippen LogP contribution is 2.28. The Morgan fingerprint density at radius 3 is 2.84 bits per heavy atom. The van der Waals surface area contributed by atoms with Crippen LogP contribution in [0.15, 0.2) is 18.2 Å². The molecule has 2 heterocycles. The summed E-state index contributed by atoms with van der Waals surface area (Å²) < 4.78 is 10.3. The van der Waals surface area contributed by atoms with E-state index in [0.717, 1.165) is 0 Å². The van der Waals surface area contributed by atoms with Crippen molar-refractivity contribution < 1.29 is 23.9 Å². The van der Waals surface area contributed by atoms with Gasteiger partial charge in [0.05, 0.1) is 12.3 Å². The van der Waals surface area contributed by atoms with E-state index in [9.17, 15) is 14.4 Å². The summed E-state index contributed by atoms with van der Waals surface area (Å²) in [4.78, 5) is 37.1. The van der Waals surface area contributed by atoms with Crippen molar-refractivity contribution in [1.29, 1.82) is 0 Å². The van der Waals surface area contributed by atoms with Crippen LogP contribution in [-0.4, -0.2) is 55.2 Å². The summed E-state index contributed by atoms with van der Waals surface area (Å²) >= 11 is 0. The average Bonchev–Trinajstić information content (AvgIpc) is 2.61. The number of likely N-dealkylation sites (tertiary alicyclic amines) is 1. The van der Waals surface area contributed by atoms with Crippen molar-refractivity contribution in [2.24, 2.45) is 0 Å². The molecule has 2 N–H and O–H groups in total. The van der Waals surface area contributed by atoms with Gasteiger partial charge >= 0.3 is 6.09 Å². The van der Waals surface area contributed by atoms with E-state index < -0.39 is 0 Å². The van der Waals surface area contributed by atoms with Crippen LogP contribution in [-0.2, 0) is 9.53 Å². The molecule has 3 amide bonds. The van der Waals surface area contributed by atoms with Gasteiger partial charge in [0.1, 0.15) is 5.75 Å². The first-order valence-corrected chi connectivity index (χ1v) is 8.36. The summed E-state index contributed by atoms with van der Waals surface area (Å²) in [5, 5.41) is 5.66. The third kappa shape index (κ3) is 4.01. The molecule has 0 aliphatic carbocycles. The van der Waals surface area contributed by atoms with Crippen molar-refractivity contribution in [2.45, 2.75) is 25.8 Å². The monoisotopic (exact) mass is 347 g/mol. The number of hydrogen-bond acceptors (Lipinski definition) is 5. The maximum atomic E-state index is 12.4. The van der Waals surface area contributed by atoms with Crippen LogP contribution in [0.4, 0.5) is 10.5 Å². The van der Waals surface area contributed by atoms with E-state index in [0.29, 0.717) is 49.5 Å². The number of amides is 3. The van der Waals surface area contributed by atoms with E-state index in [2.05, 4.69) is 10.6 Å². The van der Waals surface area contributed by atoms with Crippen molar-refractivity contribution in [2.75, 3.05) is 31.6 Å². The molecule has 134 valence electrons. The molecule has 8 nitrogen and oxygen atoms in total. The third-order valence-corrected chi connectivity index (χ3v) is 4.23. The Balaban J connectivity index is 1.56. The summed E-state index contributed by atoms with van der Waals surface area (Å²) in [6.45, 7) is 3.22. The van der Waals surface area contributed by atoms with Gasteiger partial charge in [-0.05, 0) is 38.0 Å². The zero-order valence-corrected chi connectivity index (χ0v) is 14.0. The topological polar surface area (TPSA) is 97.0 Å². The largest absolute Gasteiger partial charge is 0.482 e. The molecule has 1 saturated heterocycles. The van der Waals surface area contributed by atoms with Gasteiger partial charge in [-0.25, -0.2) is 4.79 Å². The Hall–Kier alpha value is -2.77. The maximum Gasteiger partial charge on any atom is 0.409 e. The number of fused-ring (bicyclic) bond motifs is 1. The lowest BCUT2D eigenvalue weighted by Gasteiger charge is -2.31. The van der Waals surface area contributed by atoms with Gasteiger partial charge in [-0.15, -0.1) is 0 Å². The van der Waals surface area contributed by atoms with Crippen molar-refractivity contribution in [1.82, 2.24) is 10.2 Å². The predicted octanol–water partition coefficient (Wildman–Crippen LogP) is 1.37. The molecule has 0 atom stereocenters. The SMILES string of the molecule is CCOC(=O)N1CCC(NC(=O)c2ccc3c(c2)NC(=O)CO3)CC1. The molecule has 0 bridgehead atoms. The van der Waals surface area contributed by atoms with Gasteiger partial charge in [0, 0.05) is 24.7 Å². The fraction of sp³-hybridized carbons (Fsp3) is 0.471. The van der Waals surface area contributed by atoms with E-state index in [1.165, 1.54) is 0 Å². The molecule has 0 spiro atoms. The van der Waals surface area contributed by atoms with Crippen LogP contribution in [0.3, 0.4) is 0 Å². The zero-order chi connectivity index (χ0) is 17.8. The molecule has 0 aromatic heterocycles. The molecular weight excluding hydrogens is 326 g/mol. The summed E-state index contributed by atoms with van der Waals surface area (Å²) in [5.41, 5.74) is 0.957. The number of carbonyl (C=O) groups is 3. The highest BCUT2D eigenvalue weighted by molar-refractivity contribution is 5.99. The van der Waals surface area contributed by atoms with E-state index >= 15 is 0 Å². The first kappa shape index (κ1) is 17.1. The lowest BCUT2D eigenvalue weighted by atomic mass is 10.0. The molecule has 1 fully saturated rings. The van der Waals surface area contributed by atoms with Crippen LogP contribution in [0.5, 0.6) is 5.75 Å². The highest BCUT2D eigenvalue weighted by Gasteiger charge is 2.25. The van der Waals surface area contributed by atoms with E-state index in [1.807, 2.05) is 0 Å². The van der Waals surface area contributed by atoms with E-state index in [4.69, 9.17) is 9.47 Å². The normalized spacial score (nSPS) is 17.2. The summed E-state index contributed by atoms with van der Waals surface area (Å²) in [5.74, 6) is 0.104. The third-order valence-electron chi connectivity index (χ3n) is 4.23.